The molecule has 1 fully saturated rings. The summed E-state index contributed by atoms with van der Waals surface area (Å²) in [4.78, 5) is 17.9. The van der Waals surface area contributed by atoms with E-state index in [1.165, 1.54) is 12.8 Å². The van der Waals surface area contributed by atoms with Crippen molar-refractivity contribution in [2.45, 2.75) is 19.8 Å². The normalized spacial score (nSPS) is 17.2. The fourth-order valence-corrected chi connectivity index (χ4v) is 3.03. The van der Waals surface area contributed by atoms with Crippen LogP contribution in [0, 0.1) is 5.92 Å². The average Bonchev–Trinajstić information content (AvgIpc) is 2.97. The van der Waals surface area contributed by atoms with Gasteiger partial charge in [0.05, 0.1) is 0 Å². The molecule has 0 saturated carbocycles. The van der Waals surface area contributed by atoms with Crippen molar-refractivity contribution in [2.24, 2.45) is 5.92 Å². The van der Waals surface area contributed by atoms with Gasteiger partial charge in [-0.05, 0) is 50.5 Å². The quantitative estimate of drug-likeness (QED) is 0.907. The van der Waals surface area contributed by atoms with Gasteiger partial charge in [-0.15, -0.1) is 0 Å². The maximum absolute atomic E-state index is 12.2. The highest BCUT2D eigenvalue weighted by atomic mass is 16.1. The number of carbonyl (C=O) groups is 1. The minimum atomic E-state index is 0.00382. The van der Waals surface area contributed by atoms with Gasteiger partial charge in [-0.1, -0.05) is 25.1 Å². The Bertz CT molecular complexity index is 578. The number of benzene rings is 1. The summed E-state index contributed by atoms with van der Waals surface area (Å²) in [6.45, 7) is 6.44. The van der Waals surface area contributed by atoms with Crippen molar-refractivity contribution >= 4 is 16.8 Å². The van der Waals surface area contributed by atoms with Crippen molar-refractivity contribution in [1.82, 2.24) is 15.2 Å². The SMILES string of the molecule is CCN1CCC(CNC(=O)c2cc3ccccc3[nH]2)CC1. The zero-order valence-electron chi connectivity index (χ0n) is 12.6. The predicted octanol–water partition coefficient (Wildman–Crippen LogP) is 2.63. The van der Waals surface area contributed by atoms with Crippen molar-refractivity contribution in [3.8, 4) is 0 Å². The van der Waals surface area contributed by atoms with E-state index in [-0.39, 0.29) is 5.91 Å². The highest BCUT2D eigenvalue weighted by Crippen LogP contribution is 2.17. The van der Waals surface area contributed by atoms with Gasteiger partial charge in [0.2, 0.25) is 0 Å². The monoisotopic (exact) mass is 285 g/mol. The van der Waals surface area contributed by atoms with E-state index < -0.39 is 0 Å². The number of amides is 1. The third-order valence-electron chi connectivity index (χ3n) is 4.48. The molecule has 0 bridgehead atoms. The van der Waals surface area contributed by atoms with Crippen LogP contribution in [0.15, 0.2) is 30.3 Å². The zero-order chi connectivity index (χ0) is 14.7. The Labute approximate surface area is 125 Å². The number of piperidine rings is 1. The molecule has 1 amide bonds. The lowest BCUT2D eigenvalue weighted by atomic mass is 9.97. The number of aromatic amines is 1. The Hall–Kier alpha value is -1.81. The molecule has 0 atom stereocenters. The number of nitrogens with zero attached hydrogens (tertiary/aromatic N) is 1. The molecule has 3 rings (SSSR count). The molecule has 1 aliphatic rings. The molecule has 0 radical (unpaired) electrons. The second-order valence-electron chi connectivity index (χ2n) is 5.86. The van der Waals surface area contributed by atoms with Gasteiger partial charge >= 0.3 is 0 Å². The second kappa shape index (κ2) is 6.31. The summed E-state index contributed by atoms with van der Waals surface area (Å²) in [7, 11) is 0. The van der Waals surface area contributed by atoms with E-state index in [2.05, 4.69) is 22.1 Å². The molecule has 4 nitrogen and oxygen atoms in total. The number of carbonyl (C=O) groups excluding carboxylic acids is 1. The number of rotatable bonds is 4. The van der Waals surface area contributed by atoms with Crippen LogP contribution in [0.25, 0.3) is 10.9 Å². The first-order chi connectivity index (χ1) is 10.3. The first-order valence-electron chi connectivity index (χ1n) is 7.84. The standard InChI is InChI=1S/C17H23N3O/c1-2-20-9-7-13(8-10-20)12-18-17(21)16-11-14-5-3-4-6-15(14)19-16/h3-6,11,13,19H,2,7-10,12H2,1H3,(H,18,21). The minimum Gasteiger partial charge on any atom is -0.351 e. The Kier molecular flexibility index (Phi) is 4.25. The fraction of sp³-hybridized carbons (Fsp3) is 0.471. The smallest absolute Gasteiger partial charge is 0.267 e. The highest BCUT2D eigenvalue weighted by molar-refractivity contribution is 5.97. The van der Waals surface area contributed by atoms with Crippen LogP contribution >= 0.6 is 0 Å². The molecule has 112 valence electrons. The van der Waals surface area contributed by atoms with Gasteiger partial charge in [0, 0.05) is 17.4 Å². The second-order valence-corrected chi connectivity index (χ2v) is 5.86. The van der Waals surface area contributed by atoms with Crippen LogP contribution < -0.4 is 5.32 Å². The van der Waals surface area contributed by atoms with Crippen molar-refractivity contribution in [1.29, 1.82) is 0 Å². The maximum Gasteiger partial charge on any atom is 0.267 e. The molecule has 2 N–H and O–H groups in total. The van der Waals surface area contributed by atoms with Crippen molar-refractivity contribution < 1.29 is 4.79 Å². The summed E-state index contributed by atoms with van der Waals surface area (Å²) in [6.07, 6.45) is 2.36. The molecule has 2 aromatic rings. The lowest BCUT2D eigenvalue weighted by molar-refractivity contribution is 0.0932. The number of H-pyrrole nitrogens is 1. The third-order valence-corrected chi connectivity index (χ3v) is 4.48. The number of hydrogen-bond donors (Lipinski definition) is 2. The van der Waals surface area contributed by atoms with Crippen molar-refractivity contribution in [2.75, 3.05) is 26.2 Å². The first-order valence-corrected chi connectivity index (χ1v) is 7.84. The molecule has 21 heavy (non-hydrogen) atoms. The summed E-state index contributed by atoms with van der Waals surface area (Å²) in [5, 5.41) is 4.16. The molecule has 1 saturated heterocycles. The number of para-hydroxylation sites is 1. The van der Waals surface area contributed by atoms with Crippen LogP contribution in [0.4, 0.5) is 0 Å². The minimum absolute atomic E-state index is 0.00382. The van der Waals surface area contributed by atoms with E-state index >= 15 is 0 Å². The maximum atomic E-state index is 12.2. The van der Waals surface area contributed by atoms with Crippen LogP contribution in [0.5, 0.6) is 0 Å². The van der Waals surface area contributed by atoms with E-state index in [4.69, 9.17) is 0 Å². The Morgan fingerprint density at radius 3 is 2.81 bits per heavy atom. The molecule has 0 unspecified atom stereocenters. The molecule has 0 aliphatic carbocycles. The van der Waals surface area contributed by atoms with Crippen LogP contribution in [-0.4, -0.2) is 42.0 Å². The number of likely N-dealkylation sites (tertiary alicyclic amines) is 1. The molecule has 2 heterocycles. The van der Waals surface area contributed by atoms with E-state index in [1.54, 1.807) is 0 Å². The Morgan fingerprint density at radius 1 is 1.33 bits per heavy atom. The lowest BCUT2D eigenvalue weighted by Gasteiger charge is -2.30. The average molecular weight is 285 g/mol. The molecule has 0 spiro atoms. The van der Waals surface area contributed by atoms with E-state index in [9.17, 15) is 4.79 Å². The van der Waals surface area contributed by atoms with Crippen LogP contribution in [-0.2, 0) is 0 Å². The van der Waals surface area contributed by atoms with Crippen molar-refractivity contribution in [3.05, 3.63) is 36.0 Å². The van der Waals surface area contributed by atoms with E-state index in [0.717, 1.165) is 37.1 Å². The van der Waals surface area contributed by atoms with Gasteiger partial charge < -0.3 is 15.2 Å². The Balaban J connectivity index is 1.54. The predicted molar refractivity (Wildman–Crippen MR) is 85.5 cm³/mol. The molecule has 1 aliphatic heterocycles. The van der Waals surface area contributed by atoms with Gasteiger partial charge in [0.1, 0.15) is 5.69 Å². The van der Waals surface area contributed by atoms with Gasteiger partial charge in [0.25, 0.3) is 5.91 Å². The lowest BCUT2D eigenvalue weighted by Crippen LogP contribution is -2.38. The number of hydrogen-bond acceptors (Lipinski definition) is 2. The molecule has 1 aromatic heterocycles. The summed E-state index contributed by atoms with van der Waals surface area (Å²) >= 11 is 0. The topological polar surface area (TPSA) is 48.1 Å². The Morgan fingerprint density at radius 2 is 2.10 bits per heavy atom. The van der Waals surface area contributed by atoms with Gasteiger partial charge in [0.15, 0.2) is 0 Å². The van der Waals surface area contributed by atoms with Crippen LogP contribution in [0.3, 0.4) is 0 Å². The summed E-state index contributed by atoms with van der Waals surface area (Å²) in [5.41, 5.74) is 1.67. The zero-order valence-corrected chi connectivity index (χ0v) is 12.6. The van der Waals surface area contributed by atoms with E-state index in [1.807, 2.05) is 30.3 Å². The van der Waals surface area contributed by atoms with Crippen LogP contribution in [0.2, 0.25) is 0 Å². The summed E-state index contributed by atoms with van der Waals surface area (Å²) in [6, 6.07) is 9.89. The molecular weight excluding hydrogens is 262 g/mol. The molecular formula is C17H23N3O. The van der Waals surface area contributed by atoms with Gasteiger partial charge in [-0.2, -0.15) is 0 Å². The number of aromatic nitrogens is 1. The first kappa shape index (κ1) is 14.1. The molecule has 4 heteroatoms. The summed E-state index contributed by atoms with van der Waals surface area (Å²) in [5.74, 6) is 0.616. The molecule has 1 aromatic carbocycles. The highest BCUT2D eigenvalue weighted by Gasteiger charge is 2.19. The van der Waals surface area contributed by atoms with E-state index in [0.29, 0.717) is 11.6 Å². The fourth-order valence-electron chi connectivity index (χ4n) is 3.03. The largest absolute Gasteiger partial charge is 0.351 e. The number of nitrogens with one attached hydrogen (secondary N) is 2. The van der Waals surface area contributed by atoms with Gasteiger partial charge in [-0.25, -0.2) is 0 Å². The third kappa shape index (κ3) is 3.27. The van der Waals surface area contributed by atoms with Crippen LogP contribution in [0.1, 0.15) is 30.3 Å². The summed E-state index contributed by atoms with van der Waals surface area (Å²) < 4.78 is 0. The number of fused-ring (bicyclic) bond motifs is 1. The van der Waals surface area contributed by atoms with Crippen molar-refractivity contribution in [3.63, 3.8) is 0 Å². The van der Waals surface area contributed by atoms with Gasteiger partial charge in [-0.3, -0.25) is 4.79 Å².